The molecule has 1 atom stereocenters. The Bertz CT molecular complexity index is 744. The number of ether oxygens (including phenoxy) is 2. The van der Waals surface area contributed by atoms with Crippen LogP contribution < -0.4 is 0 Å². The summed E-state index contributed by atoms with van der Waals surface area (Å²) in [4.78, 5) is 12.5. The lowest BCUT2D eigenvalue weighted by Crippen LogP contribution is -2.24. The summed E-state index contributed by atoms with van der Waals surface area (Å²) in [6.45, 7) is 2.71. The van der Waals surface area contributed by atoms with E-state index in [1.807, 2.05) is 60.7 Å². The Morgan fingerprint density at radius 1 is 0.629 bits per heavy atom. The Labute approximate surface area is 214 Å². The number of hydrogen-bond donors (Lipinski definition) is 0. The molecule has 0 N–H and O–H groups in total. The molecule has 0 radical (unpaired) electrons. The zero-order valence-electron chi connectivity index (χ0n) is 22.1. The fourth-order valence-electron chi connectivity index (χ4n) is 4.37. The van der Waals surface area contributed by atoms with Gasteiger partial charge in [0.25, 0.3) is 0 Å². The van der Waals surface area contributed by atoms with Gasteiger partial charge in [0.15, 0.2) is 0 Å². The third-order valence-electron chi connectivity index (χ3n) is 6.52. The minimum Gasteiger partial charge on any atom is -0.435 e. The lowest BCUT2D eigenvalue weighted by atomic mass is 10.0. The minimum atomic E-state index is -0.559. The van der Waals surface area contributed by atoms with Crippen molar-refractivity contribution in [1.29, 1.82) is 0 Å². The molecule has 1 unspecified atom stereocenters. The second-order valence-electron chi connectivity index (χ2n) is 9.75. The fraction of sp³-hybridized carbons (Fsp3) is 0.594. The van der Waals surface area contributed by atoms with Gasteiger partial charge >= 0.3 is 5.97 Å². The van der Waals surface area contributed by atoms with Crippen molar-refractivity contribution in [3.05, 3.63) is 71.8 Å². The van der Waals surface area contributed by atoms with E-state index in [0.717, 1.165) is 24.0 Å². The number of esters is 1. The van der Waals surface area contributed by atoms with E-state index >= 15 is 0 Å². The van der Waals surface area contributed by atoms with Gasteiger partial charge in [-0.15, -0.1) is 0 Å². The van der Waals surface area contributed by atoms with Crippen molar-refractivity contribution in [3.63, 3.8) is 0 Å². The maximum atomic E-state index is 12.5. The SMILES string of the molecule is CCCCCCCCCCCCCCCCC(=O)OC(Cc1ccccc1)OCc1ccccc1. The van der Waals surface area contributed by atoms with E-state index < -0.39 is 6.29 Å². The molecule has 0 fully saturated rings. The molecule has 3 heteroatoms. The van der Waals surface area contributed by atoms with Gasteiger partial charge in [-0.3, -0.25) is 4.79 Å². The number of benzene rings is 2. The van der Waals surface area contributed by atoms with Crippen LogP contribution >= 0.6 is 0 Å². The average molecular weight is 481 g/mol. The van der Waals surface area contributed by atoms with E-state index in [2.05, 4.69) is 6.92 Å². The lowest BCUT2D eigenvalue weighted by Gasteiger charge is -2.19. The normalized spacial score (nSPS) is 11.9. The molecule has 0 aliphatic heterocycles. The van der Waals surface area contributed by atoms with Crippen LogP contribution in [-0.2, 0) is 27.3 Å². The quantitative estimate of drug-likeness (QED) is 0.101. The number of rotatable bonds is 21. The molecule has 2 aromatic carbocycles. The smallest absolute Gasteiger partial charge is 0.308 e. The highest BCUT2D eigenvalue weighted by Crippen LogP contribution is 2.15. The molecule has 0 saturated carbocycles. The molecule has 0 saturated heterocycles. The predicted molar refractivity (Wildman–Crippen MR) is 146 cm³/mol. The van der Waals surface area contributed by atoms with Crippen LogP contribution in [0.25, 0.3) is 0 Å². The first-order valence-corrected chi connectivity index (χ1v) is 14.2. The van der Waals surface area contributed by atoms with Crippen molar-refractivity contribution >= 4 is 5.97 Å². The van der Waals surface area contributed by atoms with Crippen molar-refractivity contribution in [2.75, 3.05) is 0 Å². The van der Waals surface area contributed by atoms with Gasteiger partial charge in [0.2, 0.25) is 6.29 Å². The first kappa shape index (κ1) is 29.1. The van der Waals surface area contributed by atoms with Crippen molar-refractivity contribution in [3.8, 4) is 0 Å². The van der Waals surface area contributed by atoms with E-state index in [1.165, 1.54) is 77.0 Å². The Morgan fingerprint density at radius 3 is 1.60 bits per heavy atom. The zero-order chi connectivity index (χ0) is 24.8. The van der Waals surface area contributed by atoms with Crippen LogP contribution in [0.5, 0.6) is 0 Å². The van der Waals surface area contributed by atoms with Gasteiger partial charge in [-0.2, -0.15) is 0 Å². The van der Waals surface area contributed by atoms with Gasteiger partial charge in [0.1, 0.15) is 0 Å². The van der Waals surface area contributed by atoms with Crippen LogP contribution in [0.15, 0.2) is 60.7 Å². The largest absolute Gasteiger partial charge is 0.435 e. The maximum Gasteiger partial charge on any atom is 0.308 e. The number of carbonyl (C=O) groups excluding carboxylic acids is 1. The van der Waals surface area contributed by atoms with E-state index in [9.17, 15) is 4.79 Å². The van der Waals surface area contributed by atoms with Crippen molar-refractivity contribution in [2.24, 2.45) is 0 Å². The summed E-state index contributed by atoms with van der Waals surface area (Å²) in [7, 11) is 0. The summed E-state index contributed by atoms with van der Waals surface area (Å²) < 4.78 is 11.7. The highest BCUT2D eigenvalue weighted by Gasteiger charge is 2.16. The summed E-state index contributed by atoms with van der Waals surface area (Å²) in [5.41, 5.74) is 2.18. The first-order chi connectivity index (χ1) is 17.3. The highest BCUT2D eigenvalue weighted by atomic mass is 16.7. The summed E-state index contributed by atoms with van der Waals surface area (Å²) in [6, 6.07) is 20.1. The van der Waals surface area contributed by atoms with Gasteiger partial charge in [0, 0.05) is 12.8 Å². The second-order valence-corrected chi connectivity index (χ2v) is 9.75. The summed E-state index contributed by atoms with van der Waals surface area (Å²) in [5.74, 6) is -0.155. The summed E-state index contributed by atoms with van der Waals surface area (Å²) in [5, 5.41) is 0. The van der Waals surface area contributed by atoms with Crippen LogP contribution in [0.1, 0.15) is 114 Å². The van der Waals surface area contributed by atoms with Crippen LogP contribution in [0.2, 0.25) is 0 Å². The third kappa shape index (κ3) is 15.5. The van der Waals surface area contributed by atoms with Crippen LogP contribution in [0.3, 0.4) is 0 Å². The zero-order valence-corrected chi connectivity index (χ0v) is 22.1. The maximum absolute atomic E-state index is 12.5. The van der Waals surface area contributed by atoms with E-state index in [4.69, 9.17) is 9.47 Å². The van der Waals surface area contributed by atoms with Crippen LogP contribution in [0, 0.1) is 0 Å². The molecule has 0 aromatic heterocycles. The average Bonchev–Trinajstić information content (AvgIpc) is 2.88. The summed E-state index contributed by atoms with van der Waals surface area (Å²) >= 11 is 0. The van der Waals surface area contributed by atoms with Crippen molar-refractivity contribution in [2.45, 2.75) is 123 Å². The fourth-order valence-corrected chi connectivity index (χ4v) is 4.37. The molecule has 35 heavy (non-hydrogen) atoms. The van der Waals surface area contributed by atoms with Crippen LogP contribution in [0.4, 0.5) is 0 Å². The molecular formula is C32H48O3. The molecule has 0 amide bonds. The lowest BCUT2D eigenvalue weighted by molar-refractivity contribution is -0.181. The second kappa shape index (κ2) is 20.1. The Balaban J connectivity index is 1.54. The Morgan fingerprint density at radius 2 is 1.09 bits per heavy atom. The highest BCUT2D eigenvalue weighted by molar-refractivity contribution is 5.69. The van der Waals surface area contributed by atoms with Gasteiger partial charge < -0.3 is 9.47 Å². The molecule has 0 heterocycles. The molecular weight excluding hydrogens is 432 g/mol. The van der Waals surface area contributed by atoms with Gasteiger partial charge in [0.05, 0.1) is 6.61 Å². The molecule has 0 aliphatic rings. The minimum absolute atomic E-state index is 0.155. The first-order valence-electron chi connectivity index (χ1n) is 14.2. The number of hydrogen-bond acceptors (Lipinski definition) is 3. The Kier molecular flexibility index (Phi) is 16.7. The van der Waals surface area contributed by atoms with Gasteiger partial charge in [-0.05, 0) is 17.5 Å². The van der Waals surface area contributed by atoms with Gasteiger partial charge in [-0.1, -0.05) is 151 Å². The molecule has 2 rings (SSSR count). The van der Waals surface area contributed by atoms with E-state index in [-0.39, 0.29) is 5.97 Å². The number of unbranched alkanes of at least 4 members (excludes halogenated alkanes) is 13. The molecule has 0 aliphatic carbocycles. The van der Waals surface area contributed by atoms with Crippen molar-refractivity contribution < 1.29 is 14.3 Å². The number of carbonyl (C=O) groups is 1. The summed E-state index contributed by atoms with van der Waals surface area (Å²) in [6.07, 6.45) is 18.8. The standard InChI is InChI=1S/C32H48O3/c1-2-3-4-5-6-7-8-9-10-11-12-13-14-21-26-31(33)35-32(27-29-22-17-15-18-23-29)34-28-30-24-19-16-20-25-30/h15-20,22-25,32H,2-14,21,26-28H2,1H3. The van der Waals surface area contributed by atoms with E-state index in [0.29, 0.717) is 19.4 Å². The van der Waals surface area contributed by atoms with Crippen molar-refractivity contribution in [1.82, 2.24) is 0 Å². The topological polar surface area (TPSA) is 35.5 Å². The predicted octanol–water partition coefficient (Wildman–Crippen LogP) is 9.19. The molecule has 0 bridgehead atoms. The Hall–Kier alpha value is -2.13. The van der Waals surface area contributed by atoms with Gasteiger partial charge in [-0.25, -0.2) is 0 Å². The molecule has 2 aromatic rings. The monoisotopic (exact) mass is 480 g/mol. The van der Waals surface area contributed by atoms with E-state index in [1.54, 1.807) is 0 Å². The van der Waals surface area contributed by atoms with Crippen LogP contribution in [-0.4, -0.2) is 12.3 Å². The third-order valence-corrected chi connectivity index (χ3v) is 6.52. The molecule has 0 spiro atoms. The molecule has 3 nitrogen and oxygen atoms in total. The molecule has 194 valence electrons.